The van der Waals surface area contributed by atoms with Crippen molar-refractivity contribution in [2.75, 3.05) is 5.75 Å². The van der Waals surface area contributed by atoms with Gasteiger partial charge < -0.3 is 5.73 Å². The van der Waals surface area contributed by atoms with Crippen molar-refractivity contribution in [3.8, 4) is 11.1 Å². The van der Waals surface area contributed by atoms with Crippen LogP contribution in [-0.2, 0) is 12.6 Å². The van der Waals surface area contributed by atoms with Crippen molar-refractivity contribution in [1.29, 1.82) is 0 Å². The Labute approximate surface area is 220 Å². The summed E-state index contributed by atoms with van der Waals surface area (Å²) >= 11 is 1.29. The van der Waals surface area contributed by atoms with Crippen molar-refractivity contribution in [3.05, 3.63) is 123 Å². The quantitative estimate of drug-likeness (QED) is 0.275. The van der Waals surface area contributed by atoms with Crippen LogP contribution in [0.25, 0.3) is 11.1 Å². The summed E-state index contributed by atoms with van der Waals surface area (Å²) in [5.41, 5.74) is 5.97. The molecule has 0 spiro atoms. The molecule has 5 rings (SSSR count). The summed E-state index contributed by atoms with van der Waals surface area (Å²) in [6, 6.07) is 16.6. The van der Waals surface area contributed by atoms with Crippen molar-refractivity contribution in [2.45, 2.75) is 36.6 Å². The van der Waals surface area contributed by atoms with E-state index in [0.717, 1.165) is 23.8 Å². The van der Waals surface area contributed by atoms with Crippen LogP contribution in [0, 0.1) is 18.6 Å². The predicted octanol–water partition coefficient (Wildman–Crippen LogP) is 7.06. The fraction of sp³-hybridized carbons (Fsp3) is 0.207. The van der Waals surface area contributed by atoms with Gasteiger partial charge in [0.05, 0.1) is 28.2 Å². The molecule has 0 radical (unpaired) electrons. The van der Waals surface area contributed by atoms with Crippen LogP contribution in [0.4, 0.5) is 22.0 Å². The fourth-order valence-corrected chi connectivity index (χ4v) is 6.50. The Morgan fingerprint density at radius 1 is 0.947 bits per heavy atom. The van der Waals surface area contributed by atoms with E-state index in [1.54, 1.807) is 13.0 Å². The highest BCUT2D eigenvalue weighted by atomic mass is 32.2. The maximum absolute atomic E-state index is 15.0. The monoisotopic (exact) mass is 542 g/mol. The van der Waals surface area contributed by atoms with Gasteiger partial charge in [-0.3, -0.25) is 9.36 Å². The number of hydrogen-bond acceptors (Lipinski definition) is 3. The Morgan fingerprint density at radius 3 is 2.29 bits per heavy atom. The Balaban J connectivity index is 1.77. The molecule has 3 nitrogen and oxygen atoms in total. The smallest absolute Gasteiger partial charge is 0.322 e. The number of benzene rings is 3. The molecule has 0 amide bonds. The van der Waals surface area contributed by atoms with E-state index >= 15 is 0 Å². The zero-order chi connectivity index (χ0) is 27.2. The number of pyridine rings is 1. The minimum absolute atomic E-state index is 0.0273. The molecule has 2 heterocycles. The summed E-state index contributed by atoms with van der Waals surface area (Å²) in [6.07, 6.45) is -5.20. The first-order valence-corrected chi connectivity index (χ1v) is 12.9. The van der Waals surface area contributed by atoms with Gasteiger partial charge in [0.2, 0.25) is 0 Å². The number of rotatable bonds is 5. The van der Waals surface area contributed by atoms with E-state index in [4.69, 9.17) is 5.73 Å². The Bertz CT molecular complexity index is 1570. The lowest BCUT2D eigenvalue weighted by Gasteiger charge is -2.25. The molecule has 0 aliphatic carbocycles. The van der Waals surface area contributed by atoms with Crippen molar-refractivity contribution in [1.82, 2.24) is 4.57 Å². The molecule has 4 aromatic rings. The maximum atomic E-state index is 15.0. The van der Waals surface area contributed by atoms with Crippen molar-refractivity contribution >= 4 is 11.8 Å². The number of hydrogen-bond donors (Lipinski definition) is 1. The third-order valence-electron chi connectivity index (χ3n) is 6.98. The predicted molar refractivity (Wildman–Crippen MR) is 138 cm³/mol. The minimum Gasteiger partial charge on any atom is -0.322 e. The summed E-state index contributed by atoms with van der Waals surface area (Å²) in [6.45, 7) is 1.57. The van der Waals surface area contributed by atoms with Gasteiger partial charge in [0, 0.05) is 23.3 Å². The van der Waals surface area contributed by atoms with Gasteiger partial charge in [-0.1, -0.05) is 54.6 Å². The molecule has 0 bridgehead atoms. The second kappa shape index (κ2) is 10.0. The maximum Gasteiger partial charge on any atom is 0.416 e. The van der Waals surface area contributed by atoms with Crippen LogP contribution in [0.5, 0.6) is 0 Å². The molecule has 3 aromatic carbocycles. The van der Waals surface area contributed by atoms with Crippen LogP contribution < -0.4 is 11.3 Å². The largest absolute Gasteiger partial charge is 0.416 e. The third kappa shape index (κ3) is 4.54. The standard InChI is InChI=1S/C29H23F5N2OS/c1-16-19(14-20-21(29(32,33)34)11-7-13-23(20)31)28-36(27(37)25(16)18-10-5-6-12-22(18)30)24(15-38-28)26(35)17-8-3-2-4-9-17/h2-13,24,26H,14-15,35H2,1H3. The molecule has 9 heteroatoms. The van der Waals surface area contributed by atoms with Gasteiger partial charge in [-0.2, -0.15) is 13.2 Å². The molecule has 2 atom stereocenters. The van der Waals surface area contributed by atoms with Gasteiger partial charge in [-0.05, 0) is 41.8 Å². The molecule has 38 heavy (non-hydrogen) atoms. The highest BCUT2D eigenvalue weighted by Crippen LogP contribution is 2.44. The minimum atomic E-state index is -4.78. The SMILES string of the molecule is Cc1c(Cc2c(F)cccc2C(F)(F)F)c2n(c(=O)c1-c1ccccc1F)C(C(N)c1ccccc1)CS2. The van der Waals surface area contributed by atoms with E-state index in [-0.39, 0.29) is 11.1 Å². The number of halogens is 5. The van der Waals surface area contributed by atoms with E-state index in [1.165, 1.54) is 34.5 Å². The molecular formula is C29H23F5N2OS. The second-order valence-corrected chi connectivity index (χ2v) is 10.2. The zero-order valence-corrected chi connectivity index (χ0v) is 21.0. The van der Waals surface area contributed by atoms with Gasteiger partial charge in [-0.25, -0.2) is 8.78 Å². The number of fused-ring (bicyclic) bond motifs is 1. The average Bonchev–Trinajstić information content (AvgIpc) is 3.33. The Kier molecular flexibility index (Phi) is 6.92. The lowest BCUT2D eigenvalue weighted by molar-refractivity contribution is -0.138. The Morgan fingerprint density at radius 2 is 1.61 bits per heavy atom. The summed E-state index contributed by atoms with van der Waals surface area (Å²) in [5, 5.41) is 0.417. The van der Waals surface area contributed by atoms with E-state index in [2.05, 4.69) is 0 Å². The first kappa shape index (κ1) is 26.2. The summed E-state index contributed by atoms with van der Waals surface area (Å²) in [7, 11) is 0. The van der Waals surface area contributed by atoms with Crippen molar-refractivity contribution in [3.63, 3.8) is 0 Å². The Hall–Kier alpha value is -3.43. The highest BCUT2D eigenvalue weighted by Gasteiger charge is 2.38. The van der Waals surface area contributed by atoms with Crippen LogP contribution >= 0.6 is 11.8 Å². The van der Waals surface area contributed by atoms with Crippen LogP contribution in [-0.4, -0.2) is 10.3 Å². The molecule has 0 saturated heterocycles. The fourth-order valence-electron chi connectivity index (χ4n) is 5.06. The molecular weight excluding hydrogens is 519 g/mol. The summed E-state index contributed by atoms with van der Waals surface area (Å²) in [4.78, 5) is 14.0. The van der Waals surface area contributed by atoms with Crippen molar-refractivity contribution < 1.29 is 22.0 Å². The highest BCUT2D eigenvalue weighted by molar-refractivity contribution is 7.99. The van der Waals surface area contributed by atoms with Crippen LogP contribution in [0.1, 0.15) is 39.9 Å². The van der Waals surface area contributed by atoms with Crippen molar-refractivity contribution in [2.24, 2.45) is 5.73 Å². The van der Waals surface area contributed by atoms with E-state index in [1.807, 2.05) is 30.3 Å². The number of thioether (sulfide) groups is 1. The average molecular weight is 543 g/mol. The number of alkyl halides is 3. The van der Waals surface area contributed by atoms with E-state index in [9.17, 15) is 26.7 Å². The second-order valence-electron chi connectivity index (χ2n) is 9.19. The molecule has 1 aliphatic rings. The number of nitrogens with zero attached hydrogens (tertiary/aromatic N) is 1. The number of nitrogens with two attached hydrogens (primary N) is 1. The van der Waals surface area contributed by atoms with Gasteiger partial charge in [0.1, 0.15) is 11.6 Å². The normalized spacial score (nSPS) is 15.9. The van der Waals surface area contributed by atoms with Crippen LogP contribution in [0.3, 0.4) is 0 Å². The topological polar surface area (TPSA) is 48.0 Å². The van der Waals surface area contributed by atoms with Crippen LogP contribution in [0.2, 0.25) is 0 Å². The van der Waals surface area contributed by atoms with Gasteiger partial charge in [0.25, 0.3) is 5.56 Å². The first-order valence-electron chi connectivity index (χ1n) is 11.9. The molecule has 0 saturated carbocycles. The lowest BCUT2D eigenvalue weighted by atomic mass is 9.92. The first-order chi connectivity index (χ1) is 18.1. The van der Waals surface area contributed by atoms with E-state index in [0.29, 0.717) is 21.9 Å². The molecule has 1 aliphatic heterocycles. The summed E-state index contributed by atoms with van der Waals surface area (Å²) in [5.74, 6) is -1.27. The summed E-state index contributed by atoms with van der Waals surface area (Å²) < 4.78 is 72.8. The lowest BCUT2D eigenvalue weighted by Crippen LogP contribution is -2.33. The van der Waals surface area contributed by atoms with E-state index < -0.39 is 53.0 Å². The van der Waals surface area contributed by atoms with Crippen LogP contribution in [0.15, 0.2) is 82.6 Å². The third-order valence-corrected chi connectivity index (χ3v) is 8.20. The molecule has 2 unspecified atom stereocenters. The zero-order valence-electron chi connectivity index (χ0n) is 20.2. The molecule has 196 valence electrons. The molecule has 1 aromatic heterocycles. The van der Waals surface area contributed by atoms with Gasteiger partial charge >= 0.3 is 6.18 Å². The number of aromatic nitrogens is 1. The van der Waals surface area contributed by atoms with Gasteiger partial charge in [0.15, 0.2) is 0 Å². The molecule has 0 fully saturated rings. The van der Waals surface area contributed by atoms with Gasteiger partial charge in [-0.15, -0.1) is 11.8 Å². The molecule has 2 N–H and O–H groups in total.